The average molecular weight is 403 g/mol. The molecule has 0 fully saturated rings. The topological polar surface area (TPSA) is 76.7 Å². The van der Waals surface area contributed by atoms with Crippen LogP contribution in [-0.4, -0.2) is 31.8 Å². The van der Waals surface area contributed by atoms with Crippen LogP contribution < -0.4 is 20.1 Å². The second kappa shape index (κ2) is 11.2. The standard InChI is InChI=1S/C21H26N2O4S/c1-4-5-9-20(24)22-15-7-6-8-17(12-15)28-14-21(25)23-18-11-10-16(26-2)13-19(18)27-3/h6-8,10-13H,4-5,9,14H2,1-3H3,(H,22,24)(H,23,25). The van der Waals surface area contributed by atoms with Gasteiger partial charge in [-0.1, -0.05) is 19.4 Å². The number of unbranched alkanes of at least 4 members (excludes halogenated alkanes) is 1. The van der Waals surface area contributed by atoms with E-state index in [0.717, 1.165) is 23.4 Å². The third-order valence-electron chi connectivity index (χ3n) is 3.93. The Balaban J connectivity index is 1.91. The molecule has 2 aromatic rings. The van der Waals surface area contributed by atoms with Gasteiger partial charge in [-0.3, -0.25) is 9.59 Å². The Hall–Kier alpha value is -2.67. The first kappa shape index (κ1) is 21.6. The largest absolute Gasteiger partial charge is 0.497 e. The van der Waals surface area contributed by atoms with Crippen LogP contribution in [0.4, 0.5) is 11.4 Å². The zero-order chi connectivity index (χ0) is 20.4. The van der Waals surface area contributed by atoms with Gasteiger partial charge >= 0.3 is 0 Å². The second-order valence-electron chi connectivity index (χ2n) is 6.08. The van der Waals surface area contributed by atoms with E-state index in [1.165, 1.54) is 11.8 Å². The maximum absolute atomic E-state index is 12.3. The van der Waals surface area contributed by atoms with Crippen LogP contribution in [0.15, 0.2) is 47.4 Å². The Morgan fingerprint density at radius 1 is 1.00 bits per heavy atom. The van der Waals surface area contributed by atoms with Crippen molar-refractivity contribution < 1.29 is 19.1 Å². The summed E-state index contributed by atoms with van der Waals surface area (Å²) < 4.78 is 10.4. The molecule has 2 N–H and O–H groups in total. The minimum atomic E-state index is -0.147. The molecule has 2 amide bonds. The van der Waals surface area contributed by atoms with Crippen LogP contribution in [-0.2, 0) is 9.59 Å². The highest BCUT2D eigenvalue weighted by Gasteiger charge is 2.10. The summed E-state index contributed by atoms with van der Waals surface area (Å²) in [5.74, 6) is 1.29. The first-order chi connectivity index (χ1) is 13.5. The van der Waals surface area contributed by atoms with Crippen molar-refractivity contribution in [3.63, 3.8) is 0 Å². The number of carbonyl (C=O) groups is 2. The third-order valence-corrected chi connectivity index (χ3v) is 4.92. The van der Waals surface area contributed by atoms with Crippen molar-refractivity contribution in [3.8, 4) is 11.5 Å². The number of benzene rings is 2. The fourth-order valence-electron chi connectivity index (χ4n) is 2.46. The molecule has 0 saturated heterocycles. The normalized spacial score (nSPS) is 10.2. The summed E-state index contributed by atoms with van der Waals surface area (Å²) in [5, 5.41) is 5.73. The molecular formula is C21H26N2O4S. The van der Waals surface area contributed by atoms with E-state index in [0.29, 0.717) is 23.6 Å². The number of carbonyl (C=O) groups excluding carboxylic acids is 2. The van der Waals surface area contributed by atoms with Crippen LogP contribution in [0.25, 0.3) is 0 Å². The van der Waals surface area contributed by atoms with Crippen molar-refractivity contribution in [3.05, 3.63) is 42.5 Å². The van der Waals surface area contributed by atoms with E-state index in [1.807, 2.05) is 24.3 Å². The molecular weight excluding hydrogens is 376 g/mol. The Bertz CT molecular complexity index is 811. The second-order valence-corrected chi connectivity index (χ2v) is 7.13. The van der Waals surface area contributed by atoms with Gasteiger partial charge in [-0.2, -0.15) is 0 Å². The molecule has 2 aromatic carbocycles. The molecule has 0 saturated carbocycles. The highest BCUT2D eigenvalue weighted by Crippen LogP contribution is 2.29. The molecule has 0 aliphatic carbocycles. The van der Waals surface area contributed by atoms with E-state index in [-0.39, 0.29) is 17.6 Å². The zero-order valence-corrected chi connectivity index (χ0v) is 17.2. The molecule has 0 unspecified atom stereocenters. The SMILES string of the molecule is CCCCC(=O)Nc1cccc(SCC(=O)Nc2ccc(OC)cc2OC)c1. The Kier molecular flexibility index (Phi) is 8.68. The van der Waals surface area contributed by atoms with Gasteiger partial charge in [-0.05, 0) is 36.8 Å². The molecule has 0 spiro atoms. The summed E-state index contributed by atoms with van der Waals surface area (Å²) in [4.78, 5) is 25.1. The van der Waals surface area contributed by atoms with Gasteiger partial charge in [0.1, 0.15) is 11.5 Å². The summed E-state index contributed by atoms with van der Waals surface area (Å²) in [7, 11) is 3.11. The van der Waals surface area contributed by atoms with Crippen LogP contribution in [0.2, 0.25) is 0 Å². The molecule has 0 aromatic heterocycles. The number of thioether (sulfide) groups is 1. The molecule has 0 aliphatic rings. The van der Waals surface area contributed by atoms with E-state index in [9.17, 15) is 9.59 Å². The average Bonchev–Trinajstić information content (AvgIpc) is 2.71. The molecule has 7 heteroatoms. The van der Waals surface area contributed by atoms with Gasteiger partial charge < -0.3 is 20.1 Å². The molecule has 0 aliphatic heterocycles. The van der Waals surface area contributed by atoms with E-state index in [4.69, 9.17) is 9.47 Å². The van der Waals surface area contributed by atoms with Crippen LogP contribution in [0.5, 0.6) is 11.5 Å². The van der Waals surface area contributed by atoms with Crippen LogP contribution in [0.1, 0.15) is 26.2 Å². The fourth-order valence-corrected chi connectivity index (χ4v) is 3.22. The first-order valence-corrected chi connectivity index (χ1v) is 10.1. The molecule has 0 heterocycles. The summed E-state index contributed by atoms with van der Waals surface area (Å²) in [6.45, 7) is 2.05. The highest BCUT2D eigenvalue weighted by molar-refractivity contribution is 8.00. The number of rotatable bonds is 10. The number of hydrogen-bond donors (Lipinski definition) is 2. The number of hydrogen-bond acceptors (Lipinski definition) is 5. The smallest absolute Gasteiger partial charge is 0.234 e. The quantitative estimate of drug-likeness (QED) is 0.570. The van der Waals surface area contributed by atoms with Gasteiger partial charge in [-0.25, -0.2) is 0 Å². The molecule has 2 rings (SSSR count). The third kappa shape index (κ3) is 6.81. The molecule has 0 radical (unpaired) electrons. The van der Waals surface area contributed by atoms with Gasteiger partial charge in [0.25, 0.3) is 0 Å². The highest BCUT2D eigenvalue weighted by atomic mass is 32.2. The van der Waals surface area contributed by atoms with Crippen molar-refractivity contribution >= 4 is 35.0 Å². The lowest BCUT2D eigenvalue weighted by atomic mass is 10.2. The van der Waals surface area contributed by atoms with Crippen LogP contribution in [0.3, 0.4) is 0 Å². The lowest BCUT2D eigenvalue weighted by molar-refractivity contribution is -0.116. The predicted molar refractivity (Wildman–Crippen MR) is 113 cm³/mol. The summed E-state index contributed by atoms with van der Waals surface area (Å²) in [6.07, 6.45) is 2.37. The Labute approximate surface area is 170 Å². The minimum Gasteiger partial charge on any atom is -0.497 e. The number of methoxy groups -OCH3 is 2. The number of nitrogens with one attached hydrogen (secondary N) is 2. The van der Waals surface area contributed by atoms with Crippen LogP contribution >= 0.6 is 11.8 Å². The van der Waals surface area contributed by atoms with E-state index in [2.05, 4.69) is 17.6 Å². The van der Waals surface area contributed by atoms with E-state index in [1.54, 1.807) is 32.4 Å². The number of anilines is 2. The molecule has 6 nitrogen and oxygen atoms in total. The molecule has 0 atom stereocenters. The van der Waals surface area contributed by atoms with Crippen molar-refractivity contribution in [2.45, 2.75) is 31.1 Å². The number of amides is 2. The van der Waals surface area contributed by atoms with Gasteiger partial charge in [0, 0.05) is 23.1 Å². The van der Waals surface area contributed by atoms with Crippen LogP contribution in [0, 0.1) is 0 Å². The number of ether oxygens (including phenoxy) is 2. The lowest BCUT2D eigenvalue weighted by Crippen LogP contribution is -2.14. The molecule has 150 valence electrons. The lowest BCUT2D eigenvalue weighted by Gasteiger charge is -2.12. The summed E-state index contributed by atoms with van der Waals surface area (Å²) >= 11 is 1.40. The summed E-state index contributed by atoms with van der Waals surface area (Å²) in [6, 6.07) is 12.7. The van der Waals surface area contributed by atoms with Gasteiger partial charge in [0.2, 0.25) is 11.8 Å². The maximum atomic E-state index is 12.3. The Morgan fingerprint density at radius 3 is 2.54 bits per heavy atom. The minimum absolute atomic E-state index is 0.00773. The Morgan fingerprint density at radius 2 is 1.82 bits per heavy atom. The van der Waals surface area contributed by atoms with Gasteiger partial charge in [0.05, 0.1) is 25.7 Å². The summed E-state index contributed by atoms with van der Waals surface area (Å²) in [5.41, 5.74) is 1.33. The van der Waals surface area contributed by atoms with Crippen molar-refractivity contribution in [2.75, 3.05) is 30.6 Å². The maximum Gasteiger partial charge on any atom is 0.234 e. The zero-order valence-electron chi connectivity index (χ0n) is 16.4. The molecule has 28 heavy (non-hydrogen) atoms. The monoisotopic (exact) mass is 402 g/mol. The van der Waals surface area contributed by atoms with Crippen molar-refractivity contribution in [1.29, 1.82) is 0 Å². The van der Waals surface area contributed by atoms with Gasteiger partial charge in [0.15, 0.2) is 0 Å². The van der Waals surface area contributed by atoms with E-state index < -0.39 is 0 Å². The first-order valence-electron chi connectivity index (χ1n) is 9.10. The fraction of sp³-hybridized carbons (Fsp3) is 0.333. The van der Waals surface area contributed by atoms with E-state index >= 15 is 0 Å². The predicted octanol–water partition coefficient (Wildman–Crippen LogP) is 4.56. The van der Waals surface area contributed by atoms with Crippen molar-refractivity contribution in [1.82, 2.24) is 0 Å². The van der Waals surface area contributed by atoms with Gasteiger partial charge in [-0.15, -0.1) is 11.8 Å². The van der Waals surface area contributed by atoms with Crippen molar-refractivity contribution in [2.24, 2.45) is 0 Å². The molecule has 0 bridgehead atoms.